The summed E-state index contributed by atoms with van der Waals surface area (Å²) < 4.78 is 5.19. The molecule has 1 rings (SSSR count). The van der Waals surface area contributed by atoms with Gasteiger partial charge in [0.1, 0.15) is 5.75 Å². The smallest absolute Gasteiger partial charge is 0.271 e. The number of hydrogen-bond acceptors (Lipinski definition) is 5. The maximum atomic E-state index is 10.8. The molecule has 0 aliphatic rings. The molecule has 1 N–H and O–H groups in total. The van der Waals surface area contributed by atoms with Crippen molar-refractivity contribution in [2.45, 2.75) is 26.7 Å². The van der Waals surface area contributed by atoms with Gasteiger partial charge in [-0.3, -0.25) is 10.1 Å². The average Bonchev–Trinajstić information content (AvgIpc) is 2.42. The zero-order valence-electron chi connectivity index (χ0n) is 12.0. The molecule has 0 saturated heterocycles. The molecule has 0 saturated carbocycles. The van der Waals surface area contributed by atoms with Crippen molar-refractivity contribution >= 4 is 11.4 Å². The first kappa shape index (κ1) is 15.8. The molecule has 0 aromatic heterocycles. The third-order valence-electron chi connectivity index (χ3n) is 3.06. The van der Waals surface area contributed by atoms with E-state index in [9.17, 15) is 10.1 Å². The van der Waals surface area contributed by atoms with E-state index in [-0.39, 0.29) is 11.1 Å². The number of benzene rings is 1. The fourth-order valence-electron chi connectivity index (χ4n) is 1.76. The van der Waals surface area contributed by atoms with E-state index in [1.807, 2.05) is 13.8 Å². The third kappa shape index (κ3) is 4.43. The van der Waals surface area contributed by atoms with Gasteiger partial charge in [-0.1, -0.05) is 13.8 Å². The van der Waals surface area contributed by atoms with Gasteiger partial charge in [0.05, 0.1) is 23.8 Å². The lowest BCUT2D eigenvalue weighted by atomic mass is 9.88. The molecule has 0 aliphatic heterocycles. The molecule has 1 aromatic rings. The lowest BCUT2D eigenvalue weighted by Gasteiger charge is -2.24. The van der Waals surface area contributed by atoms with Gasteiger partial charge in [-0.15, -0.1) is 0 Å². The van der Waals surface area contributed by atoms with E-state index in [1.54, 1.807) is 6.07 Å². The molecule has 0 bridgehead atoms. The van der Waals surface area contributed by atoms with Crippen LogP contribution in [0, 0.1) is 26.9 Å². The van der Waals surface area contributed by atoms with E-state index < -0.39 is 4.92 Å². The summed E-state index contributed by atoms with van der Waals surface area (Å²) in [5.41, 5.74) is 0.528. The minimum absolute atomic E-state index is 0.0168. The van der Waals surface area contributed by atoms with Gasteiger partial charge >= 0.3 is 0 Å². The van der Waals surface area contributed by atoms with Gasteiger partial charge in [0.25, 0.3) is 5.69 Å². The van der Waals surface area contributed by atoms with Gasteiger partial charge in [0, 0.05) is 25.1 Å². The zero-order chi connectivity index (χ0) is 15.2. The van der Waals surface area contributed by atoms with Crippen LogP contribution >= 0.6 is 0 Å². The Kier molecular flexibility index (Phi) is 5.32. The number of nitro benzene ring substituents is 1. The molecule has 6 heteroatoms. The Balaban J connectivity index is 2.83. The van der Waals surface area contributed by atoms with Crippen LogP contribution in [0.1, 0.15) is 26.7 Å². The van der Waals surface area contributed by atoms with Gasteiger partial charge < -0.3 is 10.1 Å². The Bertz CT molecular complexity index is 521. The molecular formula is C14H19N3O3. The van der Waals surface area contributed by atoms with Crippen LogP contribution in [0.3, 0.4) is 0 Å². The van der Waals surface area contributed by atoms with Crippen molar-refractivity contribution in [2.75, 3.05) is 19.0 Å². The van der Waals surface area contributed by atoms with E-state index in [1.165, 1.54) is 19.2 Å². The molecule has 108 valence electrons. The van der Waals surface area contributed by atoms with Gasteiger partial charge in [-0.25, -0.2) is 0 Å². The Morgan fingerprint density at radius 1 is 1.50 bits per heavy atom. The van der Waals surface area contributed by atoms with E-state index in [0.717, 1.165) is 6.42 Å². The van der Waals surface area contributed by atoms with Gasteiger partial charge in [0.2, 0.25) is 0 Å². The second-order valence-electron chi connectivity index (χ2n) is 5.32. The molecular weight excluding hydrogens is 258 g/mol. The normalized spacial score (nSPS) is 10.7. The van der Waals surface area contributed by atoms with E-state index >= 15 is 0 Å². The summed E-state index contributed by atoms with van der Waals surface area (Å²) in [5, 5.41) is 22.6. The number of hydrogen-bond donors (Lipinski definition) is 1. The summed E-state index contributed by atoms with van der Waals surface area (Å²) in [7, 11) is 1.52. The maximum Gasteiger partial charge on any atom is 0.271 e. The van der Waals surface area contributed by atoms with Crippen LogP contribution in [0.25, 0.3) is 0 Å². The summed E-state index contributed by atoms with van der Waals surface area (Å²) in [4.78, 5) is 10.4. The van der Waals surface area contributed by atoms with E-state index in [2.05, 4.69) is 11.4 Å². The highest BCUT2D eigenvalue weighted by molar-refractivity contribution is 5.61. The standard InChI is InChI=1S/C14H19N3O3/c1-14(2,7-4-8-15)10-16-12-9-11(17(18)19)5-6-13(12)20-3/h5-6,9,16H,4,7,10H2,1-3H3. The Morgan fingerprint density at radius 3 is 2.75 bits per heavy atom. The summed E-state index contributed by atoms with van der Waals surface area (Å²) in [5.74, 6) is 0.562. The van der Waals surface area contributed by atoms with Crippen molar-refractivity contribution < 1.29 is 9.66 Å². The van der Waals surface area contributed by atoms with Crippen LogP contribution in [-0.4, -0.2) is 18.6 Å². The Hall–Kier alpha value is -2.29. The topological polar surface area (TPSA) is 88.2 Å². The second-order valence-corrected chi connectivity index (χ2v) is 5.32. The first-order valence-electron chi connectivity index (χ1n) is 6.33. The first-order chi connectivity index (χ1) is 9.39. The molecule has 0 aliphatic carbocycles. The molecule has 0 heterocycles. The van der Waals surface area contributed by atoms with Crippen LogP contribution in [0.2, 0.25) is 0 Å². The predicted molar refractivity (Wildman–Crippen MR) is 76.8 cm³/mol. The molecule has 0 radical (unpaired) electrons. The molecule has 0 amide bonds. The maximum absolute atomic E-state index is 10.8. The molecule has 0 unspecified atom stereocenters. The number of nitriles is 1. The van der Waals surface area contributed by atoms with Crippen LogP contribution < -0.4 is 10.1 Å². The number of nitrogens with one attached hydrogen (secondary N) is 1. The molecule has 6 nitrogen and oxygen atoms in total. The van der Waals surface area contributed by atoms with E-state index in [4.69, 9.17) is 10.00 Å². The monoisotopic (exact) mass is 277 g/mol. The van der Waals surface area contributed by atoms with Crippen LogP contribution in [0.5, 0.6) is 5.75 Å². The Morgan fingerprint density at radius 2 is 2.20 bits per heavy atom. The summed E-state index contributed by atoms with van der Waals surface area (Å²) >= 11 is 0. The number of ether oxygens (including phenoxy) is 1. The number of anilines is 1. The van der Waals surface area contributed by atoms with Crippen molar-refractivity contribution in [1.29, 1.82) is 5.26 Å². The highest BCUT2D eigenvalue weighted by Crippen LogP contribution is 2.31. The van der Waals surface area contributed by atoms with Gasteiger partial charge in [-0.2, -0.15) is 5.26 Å². The molecule has 0 spiro atoms. The van der Waals surface area contributed by atoms with Crippen molar-refractivity contribution in [3.05, 3.63) is 28.3 Å². The SMILES string of the molecule is COc1ccc([N+](=O)[O-])cc1NCC(C)(C)CCC#N. The zero-order valence-corrected chi connectivity index (χ0v) is 12.0. The van der Waals surface area contributed by atoms with Crippen molar-refractivity contribution in [1.82, 2.24) is 0 Å². The quantitative estimate of drug-likeness (QED) is 0.610. The van der Waals surface area contributed by atoms with Gasteiger partial charge in [-0.05, 0) is 17.9 Å². The van der Waals surface area contributed by atoms with Crippen molar-refractivity contribution in [3.63, 3.8) is 0 Å². The number of methoxy groups -OCH3 is 1. The molecule has 0 atom stereocenters. The van der Waals surface area contributed by atoms with Crippen LogP contribution in [-0.2, 0) is 0 Å². The summed E-state index contributed by atoms with van der Waals surface area (Å²) in [6, 6.07) is 6.56. The van der Waals surface area contributed by atoms with Crippen molar-refractivity contribution in [3.8, 4) is 11.8 Å². The van der Waals surface area contributed by atoms with Crippen LogP contribution in [0.4, 0.5) is 11.4 Å². The highest BCUT2D eigenvalue weighted by atomic mass is 16.6. The first-order valence-corrected chi connectivity index (χ1v) is 6.33. The summed E-state index contributed by atoms with van der Waals surface area (Å²) in [6.07, 6.45) is 1.24. The number of nitrogens with zero attached hydrogens (tertiary/aromatic N) is 2. The fourth-order valence-corrected chi connectivity index (χ4v) is 1.76. The fraction of sp³-hybridized carbons (Fsp3) is 0.500. The minimum atomic E-state index is -0.439. The number of rotatable bonds is 7. The summed E-state index contributed by atoms with van der Waals surface area (Å²) in [6.45, 7) is 4.69. The van der Waals surface area contributed by atoms with Gasteiger partial charge in [0.15, 0.2) is 0 Å². The minimum Gasteiger partial charge on any atom is -0.495 e. The third-order valence-corrected chi connectivity index (χ3v) is 3.06. The largest absolute Gasteiger partial charge is 0.495 e. The van der Waals surface area contributed by atoms with E-state index in [0.29, 0.717) is 24.4 Å². The van der Waals surface area contributed by atoms with Crippen molar-refractivity contribution in [2.24, 2.45) is 5.41 Å². The molecule has 0 fully saturated rings. The number of nitro groups is 1. The molecule has 20 heavy (non-hydrogen) atoms. The second kappa shape index (κ2) is 6.75. The average molecular weight is 277 g/mol. The lowest BCUT2D eigenvalue weighted by Crippen LogP contribution is -2.23. The molecule has 1 aromatic carbocycles. The predicted octanol–water partition coefficient (Wildman–Crippen LogP) is 3.35. The highest BCUT2D eigenvalue weighted by Gasteiger charge is 2.19. The Labute approximate surface area is 118 Å². The van der Waals surface area contributed by atoms with Crippen LogP contribution in [0.15, 0.2) is 18.2 Å². The lowest BCUT2D eigenvalue weighted by molar-refractivity contribution is -0.384. The number of non-ortho nitro benzene ring substituents is 1.